The molecule has 1 aliphatic heterocycles. The number of nitrogens with zero attached hydrogens (tertiary/aromatic N) is 1. The average Bonchev–Trinajstić information content (AvgIpc) is 2.71. The maximum absolute atomic E-state index is 12.7. The molecule has 142 valence electrons. The Hall–Kier alpha value is -3.54. The summed E-state index contributed by atoms with van der Waals surface area (Å²) >= 11 is 0. The number of hydrogen-bond donors (Lipinski definition) is 2. The van der Waals surface area contributed by atoms with Crippen molar-refractivity contribution in [2.75, 3.05) is 23.8 Å². The highest BCUT2D eigenvalue weighted by Crippen LogP contribution is 2.32. The van der Waals surface area contributed by atoms with Crippen molar-refractivity contribution < 1.29 is 14.3 Å². The van der Waals surface area contributed by atoms with E-state index in [1.807, 2.05) is 12.1 Å². The second kappa shape index (κ2) is 7.60. The van der Waals surface area contributed by atoms with Gasteiger partial charge in [0.25, 0.3) is 5.91 Å². The number of hydrogen-bond acceptors (Lipinski definition) is 5. The maximum Gasteiger partial charge on any atom is 0.255 e. The lowest BCUT2D eigenvalue weighted by atomic mass is 10.1. The van der Waals surface area contributed by atoms with Gasteiger partial charge >= 0.3 is 0 Å². The van der Waals surface area contributed by atoms with Crippen molar-refractivity contribution in [3.05, 3.63) is 71.4 Å². The van der Waals surface area contributed by atoms with E-state index in [9.17, 15) is 4.79 Å². The molecule has 1 aliphatic rings. The second-order valence-electron chi connectivity index (χ2n) is 6.61. The predicted molar refractivity (Wildman–Crippen MR) is 109 cm³/mol. The molecule has 0 spiro atoms. The van der Waals surface area contributed by atoms with Crippen LogP contribution in [0.1, 0.15) is 21.5 Å². The molecule has 0 aliphatic carbocycles. The average molecular weight is 375 g/mol. The molecule has 0 radical (unpaired) electrons. The zero-order valence-corrected chi connectivity index (χ0v) is 15.8. The molecule has 0 fully saturated rings. The molecule has 1 amide bonds. The van der Waals surface area contributed by atoms with Crippen LogP contribution in [-0.4, -0.2) is 24.1 Å². The largest absolute Gasteiger partial charge is 0.486 e. The molecular weight excluding hydrogens is 354 g/mol. The van der Waals surface area contributed by atoms with Crippen LogP contribution in [0.25, 0.3) is 0 Å². The van der Waals surface area contributed by atoms with Crippen LogP contribution in [0, 0.1) is 13.8 Å². The van der Waals surface area contributed by atoms with Gasteiger partial charge in [-0.15, -0.1) is 0 Å². The summed E-state index contributed by atoms with van der Waals surface area (Å²) < 4.78 is 11.1. The molecule has 0 atom stereocenters. The van der Waals surface area contributed by atoms with Crippen LogP contribution in [0.15, 0.2) is 54.7 Å². The van der Waals surface area contributed by atoms with Gasteiger partial charge in [-0.05, 0) is 55.3 Å². The highest BCUT2D eigenvalue weighted by atomic mass is 16.6. The lowest BCUT2D eigenvalue weighted by Gasteiger charge is -2.19. The minimum atomic E-state index is -0.219. The summed E-state index contributed by atoms with van der Waals surface area (Å²) in [5, 5.41) is 6.18. The first-order valence-corrected chi connectivity index (χ1v) is 9.10. The van der Waals surface area contributed by atoms with E-state index in [1.165, 1.54) is 5.56 Å². The van der Waals surface area contributed by atoms with E-state index in [0.717, 1.165) is 11.3 Å². The van der Waals surface area contributed by atoms with Crippen LogP contribution < -0.4 is 20.1 Å². The Morgan fingerprint density at radius 2 is 1.82 bits per heavy atom. The van der Waals surface area contributed by atoms with E-state index in [-0.39, 0.29) is 5.91 Å². The van der Waals surface area contributed by atoms with Gasteiger partial charge in [0, 0.05) is 29.2 Å². The number of amides is 1. The molecule has 0 saturated heterocycles. The van der Waals surface area contributed by atoms with Crippen molar-refractivity contribution in [2.45, 2.75) is 13.8 Å². The summed E-state index contributed by atoms with van der Waals surface area (Å²) in [7, 11) is 0. The van der Waals surface area contributed by atoms with Gasteiger partial charge in [0.2, 0.25) is 0 Å². The van der Waals surface area contributed by atoms with Crippen LogP contribution in [-0.2, 0) is 0 Å². The topological polar surface area (TPSA) is 72.5 Å². The third kappa shape index (κ3) is 3.76. The van der Waals surface area contributed by atoms with E-state index in [1.54, 1.807) is 36.5 Å². The minimum absolute atomic E-state index is 0.219. The van der Waals surface area contributed by atoms with Crippen molar-refractivity contribution in [3.63, 3.8) is 0 Å². The Morgan fingerprint density at radius 3 is 2.68 bits per heavy atom. The van der Waals surface area contributed by atoms with Crippen molar-refractivity contribution in [1.82, 2.24) is 4.98 Å². The fourth-order valence-electron chi connectivity index (χ4n) is 2.99. The number of ether oxygens (including phenoxy) is 2. The molecule has 6 heteroatoms. The molecule has 4 rings (SSSR count). The molecule has 2 heterocycles. The van der Waals surface area contributed by atoms with Crippen molar-refractivity contribution >= 4 is 23.1 Å². The molecule has 6 nitrogen and oxygen atoms in total. The minimum Gasteiger partial charge on any atom is -0.486 e. The number of carbonyl (C=O) groups excluding carboxylic acids is 1. The number of aromatic nitrogens is 1. The van der Waals surface area contributed by atoms with E-state index < -0.39 is 0 Å². The summed E-state index contributed by atoms with van der Waals surface area (Å²) in [5.74, 6) is 1.72. The van der Waals surface area contributed by atoms with Gasteiger partial charge in [0.15, 0.2) is 11.5 Å². The highest BCUT2D eigenvalue weighted by Gasteiger charge is 2.14. The maximum atomic E-state index is 12.7. The fourth-order valence-corrected chi connectivity index (χ4v) is 2.99. The summed E-state index contributed by atoms with van der Waals surface area (Å²) in [6.45, 7) is 5.15. The van der Waals surface area contributed by atoms with E-state index in [2.05, 4.69) is 35.5 Å². The smallest absolute Gasteiger partial charge is 0.255 e. The van der Waals surface area contributed by atoms with Crippen LogP contribution in [0.2, 0.25) is 0 Å². The van der Waals surface area contributed by atoms with E-state index >= 15 is 0 Å². The normalized spacial score (nSPS) is 12.4. The Labute approximate surface area is 163 Å². The fraction of sp³-hybridized carbons (Fsp3) is 0.182. The number of carbonyl (C=O) groups is 1. The summed E-state index contributed by atoms with van der Waals surface area (Å²) in [4.78, 5) is 17.0. The van der Waals surface area contributed by atoms with Crippen molar-refractivity contribution in [2.24, 2.45) is 0 Å². The van der Waals surface area contributed by atoms with Gasteiger partial charge in [0.05, 0.1) is 0 Å². The first kappa shape index (κ1) is 17.9. The summed E-state index contributed by atoms with van der Waals surface area (Å²) in [5.41, 5.74) is 4.47. The van der Waals surface area contributed by atoms with Gasteiger partial charge in [0.1, 0.15) is 19.0 Å². The molecule has 1 aromatic heterocycles. The zero-order chi connectivity index (χ0) is 19.5. The molecule has 28 heavy (non-hydrogen) atoms. The zero-order valence-electron chi connectivity index (χ0n) is 15.8. The molecule has 2 aromatic carbocycles. The van der Waals surface area contributed by atoms with Crippen LogP contribution >= 0.6 is 0 Å². The Kier molecular flexibility index (Phi) is 4.85. The quantitative estimate of drug-likeness (QED) is 0.704. The number of nitrogens with one attached hydrogen (secondary N) is 2. The standard InChI is InChI=1S/C22H21N3O3/c1-14-4-3-5-18(15(14)2)25-21-12-16(8-9-23-21)22(26)24-17-6-7-19-20(13-17)28-11-10-27-19/h3-9,12-13H,10-11H2,1-2H3,(H,23,25)(H,24,26). The van der Waals surface area contributed by atoms with Crippen molar-refractivity contribution in [3.8, 4) is 11.5 Å². The van der Waals surface area contributed by atoms with Crippen molar-refractivity contribution in [1.29, 1.82) is 0 Å². The van der Waals surface area contributed by atoms with Crippen LogP contribution in [0.5, 0.6) is 11.5 Å². The Balaban J connectivity index is 1.51. The number of anilines is 3. The molecule has 3 aromatic rings. The molecule has 0 saturated carbocycles. The van der Waals surface area contributed by atoms with Gasteiger partial charge in [-0.25, -0.2) is 4.98 Å². The lowest BCUT2D eigenvalue weighted by molar-refractivity contribution is 0.102. The van der Waals surface area contributed by atoms with Gasteiger partial charge < -0.3 is 20.1 Å². The molecule has 0 bridgehead atoms. The van der Waals surface area contributed by atoms with E-state index in [0.29, 0.717) is 41.8 Å². The number of benzene rings is 2. The molecular formula is C22H21N3O3. The monoisotopic (exact) mass is 375 g/mol. The van der Waals surface area contributed by atoms with Crippen LogP contribution in [0.3, 0.4) is 0 Å². The number of rotatable bonds is 4. The first-order chi connectivity index (χ1) is 13.6. The Morgan fingerprint density at radius 1 is 1.00 bits per heavy atom. The number of fused-ring (bicyclic) bond motifs is 1. The third-order valence-electron chi connectivity index (χ3n) is 4.69. The third-order valence-corrected chi connectivity index (χ3v) is 4.69. The van der Waals surface area contributed by atoms with Gasteiger partial charge in [-0.2, -0.15) is 0 Å². The van der Waals surface area contributed by atoms with Gasteiger partial charge in [-0.3, -0.25) is 4.79 Å². The second-order valence-corrected chi connectivity index (χ2v) is 6.61. The lowest BCUT2D eigenvalue weighted by Crippen LogP contribution is -2.16. The predicted octanol–water partition coefficient (Wildman–Crippen LogP) is 4.47. The Bertz CT molecular complexity index is 1030. The number of aryl methyl sites for hydroxylation is 1. The van der Waals surface area contributed by atoms with Crippen LogP contribution in [0.4, 0.5) is 17.2 Å². The first-order valence-electron chi connectivity index (χ1n) is 9.10. The molecule has 0 unspecified atom stereocenters. The SMILES string of the molecule is Cc1cccc(Nc2cc(C(=O)Nc3ccc4c(c3)OCCO4)ccn2)c1C. The molecule has 2 N–H and O–H groups in total. The summed E-state index contributed by atoms with van der Waals surface area (Å²) in [6.07, 6.45) is 1.62. The van der Waals surface area contributed by atoms with Gasteiger partial charge in [-0.1, -0.05) is 12.1 Å². The summed E-state index contributed by atoms with van der Waals surface area (Å²) in [6, 6.07) is 14.8. The number of pyridine rings is 1. The van der Waals surface area contributed by atoms with E-state index in [4.69, 9.17) is 9.47 Å². The highest BCUT2D eigenvalue weighted by molar-refractivity contribution is 6.04.